The van der Waals surface area contributed by atoms with Crippen molar-refractivity contribution >= 4 is 11.8 Å². The zero-order chi connectivity index (χ0) is 18.6. The third-order valence-electron chi connectivity index (χ3n) is 4.86. The number of carbonyl (C=O) groups excluding carboxylic acids is 2. The summed E-state index contributed by atoms with van der Waals surface area (Å²) < 4.78 is 5.81. The number of fused-ring (bicyclic) bond motifs is 1. The lowest BCUT2D eigenvalue weighted by molar-refractivity contribution is -0.121. The van der Waals surface area contributed by atoms with Crippen LogP contribution in [-0.4, -0.2) is 40.9 Å². The molecule has 2 aliphatic rings. The molecule has 27 heavy (non-hydrogen) atoms. The second-order valence-corrected chi connectivity index (χ2v) is 7.07. The number of benzene rings is 1. The Balaban J connectivity index is 1.44. The van der Waals surface area contributed by atoms with Crippen molar-refractivity contribution in [3.05, 3.63) is 59.4 Å². The van der Waals surface area contributed by atoms with Crippen LogP contribution in [0.25, 0.3) is 0 Å². The Labute approximate surface area is 158 Å². The first-order valence-corrected chi connectivity index (χ1v) is 9.43. The first-order chi connectivity index (χ1) is 13.2. The number of nitrogens with zero attached hydrogens (tertiary/aromatic N) is 2. The zero-order valence-corrected chi connectivity index (χ0v) is 15.2. The minimum atomic E-state index is -0.0961. The van der Waals surface area contributed by atoms with Gasteiger partial charge in [0.2, 0.25) is 5.91 Å². The van der Waals surface area contributed by atoms with Crippen LogP contribution in [0.2, 0.25) is 0 Å². The molecule has 1 aliphatic carbocycles. The Kier molecular flexibility index (Phi) is 5.05. The van der Waals surface area contributed by atoms with Crippen LogP contribution in [-0.2, 0) is 17.8 Å². The monoisotopic (exact) mass is 365 g/mol. The van der Waals surface area contributed by atoms with Crippen molar-refractivity contribution in [2.75, 3.05) is 13.2 Å². The van der Waals surface area contributed by atoms with Gasteiger partial charge in [-0.2, -0.15) is 0 Å². The standard InChI is InChI=1S/C21H23N3O3/c25-20(23-17-6-7-17)9-5-15-4-8-19-16(13-15)14-24(11-12-27-19)21(26)18-3-1-2-10-22-18/h1-4,8,10,13,17H,5-7,9,11-12,14H2,(H,23,25). The number of ether oxygens (including phenoxy) is 1. The SMILES string of the molecule is O=C(CCc1ccc2c(c1)CN(C(=O)c1ccccn1)CCO2)NC1CC1. The summed E-state index contributed by atoms with van der Waals surface area (Å²) >= 11 is 0. The van der Waals surface area contributed by atoms with Gasteiger partial charge in [0.1, 0.15) is 18.1 Å². The average Bonchev–Trinajstić information content (AvgIpc) is 3.52. The molecule has 0 spiro atoms. The number of nitrogens with one attached hydrogen (secondary N) is 1. The van der Waals surface area contributed by atoms with Gasteiger partial charge >= 0.3 is 0 Å². The molecule has 1 N–H and O–H groups in total. The van der Waals surface area contributed by atoms with Crippen LogP contribution in [0.15, 0.2) is 42.6 Å². The summed E-state index contributed by atoms with van der Waals surface area (Å²) in [5.41, 5.74) is 2.49. The Morgan fingerprint density at radius 2 is 2.11 bits per heavy atom. The summed E-state index contributed by atoms with van der Waals surface area (Å²) in [6, 6.07) is 11.7. The molecule has 0 bridgehead atoms. The van der Waals surface area contributed by atoms with E-state index in [2.05, 4.69) is 10.3 Å². The van der Waals surface area contributed by atoms with E-state index in [9.17, 15) is 9.59 Å². The van der Waals surface area contributed by atoms with E-state index in [1.165, 1.54) is 0 Å². The molecule has 0 atom stereocenters. The van der Waals surface area contributed by atoms with Crippen molar-refractivity contribution in [2.24, 2.45) is 0 Å². The topological polar surface area (TPSA) is 71.5 Å². The minimum absolute atomic E-state index is 0.0961. The molecule has 1 aromatic carbocycles. The molecule has 1 fully saturated rings. The van der Waals surface area contributed by atoms with E-state index in [1.807, 2.05) is 24.3 Å². The highest BCUT2D eigenvalue weighted by atomic mass is 16.5. The molecule has 2 aromatic rings. The molecule has 1 saturated carbocycles. The number of rotatable bonds is 5. The quantitative estimate of drug-likeness (QED) is 0.883. The van der Waals surface area contributed by atoms with Gasteiger partial charge in [0.25, 0.3) is 5.91 Å². The van der Waals surface area contributed by atoms with Crippen LogP contribution in [0.3, 0.4) is 0 Å². The van der Waals surface area contributed by atoms with Gasteiger partial charge < -0.3 is 15.0 Å². The van der Waals surface area contributed by atoms with Crippen LogP contribution in [0.5, 0.6) is 5.75 Å². The van der Waals surface area contributed by atoms with E-state index in [0.717, 1.165) is 29.7 Å². The van der Waals surface area contributed by atoms with Crippen molar-refractivity contribution in [3.8, 4) is 5.75 Å². The lowest BCUT2D eigenvalue weighted by Crippen LogP contribution is -2.33. The molecule has 0 saturated heterocycles. The van der Waals surface area contributed by atoms with Gasteiger partial charge in [-0.05, 0) is 43.0 Å². The normalized spacial score (nSPS) is 16.1. The molecule has 4 rings (SSSR count). The summed E-state index contributed by atoms with van der Waals surface area (Å²) in [5.74, 6) is 0.814. The maximum Gasteiger partial charge on any atom is 0.272 e. The van der Waals surface area contributed by atoms with Crippen molar-refractivity contribution in [1.29, 1.82) is 0 Å². The van der Waals surface area contributed by atoms with Gasteiger partial charge in [0.05, 0.1) is 6.54 Å². The number of carbonyl (C=O) groups is 2. The van der Waals surface area contributed by atoms with E-state index in [0.29, 0.717) is 44.3 Å². The maximum atomic E-state index is 12.7. The molecule has 1 aliphatic heterocycles. The van der Waals surface area contributed by atoms with Gasteiger partial charge in [-0.15, -0.1) is 0 Å². The van der Waals surface area contributed by atoms with Crippen LogP contribution in [0, 0.1) is 0 Å². The fourth-order valence-corrected chi connectivity index (χ4v) is 3.21. The lowest BCUT2D eigenvalue weighted by Gasteiger charge is -2.19. The predicted molar refractivity (Wildman–Crippen MR) is 100 cm³/mol. The summed E-state index contributed by atoms with van der Waals surface area (Å²) in [6.07, 6.45) is 4.98. The number of hydrogen-bond donors (Lipinski definition) is 1. The molecule has 0 unspecified atom stereocenters. The molecule has 2 heterocycles. The Hall–Kier alpha value is -2.89. The third-order valence-corrected chi connectivity index (χ3v) is 4.86. The lowest BCUT2D eigenvalue weighted by atomic mass is 10.0. The Morgan fingerprint density at radius 1 is 1.22 bits per heavy atom. The zero-order valence-electron chi connectivity index (χ0n) is 15.2. The van der Waals surface area contributed by atoms with Crippen LogP contribution >= 0.6 is 0 Å². The van der Waals surface area contributed by atoms with Crippen LogP contribution < -0.4 is 10.1 Å². The van der Waals surface area contributed by atoms with Gasteiger partial charge in [-0.3, -0.25) is 14.6 Å². The second-order valence-electron chi connectivity index (χ2n) is 7.07. The van der Waals surface area contributed by atoms with Gasteiger partial charge in [0, 0.05) is 30.8 Å². The molecule has 140 valence electrons. The first kappa shape index (κ1) is 17.5. The summed E-state index contributed by atoms with van der Waals surface area (Å²) in [6.45, 7) is 1.45. The molecule has 6 heteroatoms. The number of aromatic nitrogens is 1. The fourth-order valence-electron chi connectivity index (χ4n) is 3.21. The highest BCUT2D eigenvalue weighted by Crippen LogP contribution is 2.26. The summed E-state index contributed by atoms with van der Waals surface area (Å²) in [5, 5.41) is 3.01. The van der Waals surface area contributed by atoms with Crippen LogP contribution in [0.1, 0.15) is 40.9 Å². The Bertz CT molecular complexity index is 834. The number of amides is 2. The largest absolute Gasteiger partial charge is 0.491 e. The Morgan fingerprint density at radius 3 is 2.89 bits per heavy atom. The van der Waals surface area contributed by atoms with E-state index < -0.39 is 0 Å². The van der Waals surface area contributed by atoms with E-state index in [1.54, 1.807) is 23.2 Å². The number of pyridine rings is 1. The average molecular weight is 365 g/mol. The van der Waals surface area contributed by atoms with E-state index in [4.69, 9.17) is 4.74 Å². The smallest absolute Gasteiger partial charge is 0.272 e. The minimum Gasteiger partial charge on any atom is -0.491 e. The van der Waals surface area contributed by atoms with Crippen molar-refractivity contribution < 1.29 is 14.3 Å². The fraction of sp³-hybridized carbons (Fsp3) is 0.381. The van der Waals surface area contributed by atoms with Crippen LogP contribution in [0.4, 0.5) is 0 Å². The van der Waals surface area contributed by atoms with Crippen molar-refractivity contribution in [2.45, 2.75) is 38.3 Å². The predicted octanol–water partition coefficient (Wildman–Crippen LogP) is 2.33. The number of aryl methyl sites for hydroxylation is 1. The molecule has 6 nitrogen and oxygen atoms in total. The first-order valence-electron chi connectivity index (χ1n) is 9.43. The van der Waals surface area contributed by atoms with Gasteiger partial charge in [-0.1, -0.05) is 18.2 Å². The molecular formula is C21H23N3O3. The number of hydrogen-bond acceptors (Lipinski definition) is 4. The van der Waals surface area contributed by atoms with E-state index in [-0.39, 0.29) is 11.8 Å². The third kappa shape index (κ3) is 4.45. The van der Waals surface area contributed by atoms with E-state index >= 15 is 0 Å². The highest BCUT2D eigenvalue weighted by Gasteiger charge is 2.24. The molecule has 0 radical (unpaired) electrons. The van der Waals surface area contributed by atoms with Gasteiger partial charge in [-0.25, -0.2) is 0 Å². The summed E-state index contributed by atoms with van der Waals surface area (Å²) in [4.78, 5) is 30.6. The highest BCUT2D eigenvalue weighted by molar-refractivity contribution is 5.92. The maximum absolute atomic E-state index is 12.7. The molecule has 2 amide bonds. The van der Waals surface area contributed by atoms with Crippen molar-refractivity contribution in [1.82, 2.24) is 15.2 Å². The van der Waals surface area contributed by atoms with Gasteiger partial charge in [0.15, 0.2) is 0 Å². The summed E-state index contributed by atoms with van der Waals surface area (Å²) in [7, 11) is 0. The second kappa shape index (κ2) is 7.78. The molecular weight excluding hydrogens is 342 g/mol. The molecule has 1 aromatic heterocycles. The van der Waals surface area contributed by atoms with Crippen molar-refractivity contribution in [3.63, 3.8) is 0 Å².